The van der Waals surface area contributed by atoms with Gasteiger partial charge in [-0.2, -0.15) is 0 Å². The third kappa shape index (κ3) is 8.87. The van der Waals surface area contributed by atoms with Gasteiger partial charge in [-0.05, 0) is 19.8 Å². The lowest BCUT2D eigenvalue weighted by Gasteiger charge is -1.96. The van der Waals surface area contributed by atoms with Gasteiger partial charge in [-0.25, -0.2) is 0 Å². The van der Waals surface area contributed by atoms with Crippen LogP contribution in [-0.2, 0) is 9.63 Å². The molecular formula is C6H11NO4. The number of ketones is 1. The minimum absolute atomic E-state index is 0.0836. The van der Waals surface area contributed by atoms with Crippen LogP contribution in [-0.4, -0.2) is 17.5 Å². The maximum absolute atomic E-state index is 10.4. The van der Waals surface area contributed by atoms with Gasteiger partial charge >= 0.3 is 0 Å². The van der Waals surface area contributed by atoms with Crippen LogP contribution in [0.25, 0.3) is 0 Å². The first-order valence-corrected chi connectivity index (χ1v) is 3.39. The predicted molar refractivity (Wildman–Crippen MR) is 37.5 cm³/mol. The SMILES string of the molecule is CC(=O)CCCCO[N+](=O)[O-]. The summed E-state index contributed by atoms with van der Waals surface area (Å²) in [5.41, 5.74) is 0. The van der Waals surface area contributed by atoms with Crippen LogP contribution in [0.5, 0.6) is 0 Å². The molecule has 5 heteroatoms. The molecule has 11 heavy (non-hydrogen) atoms. The van der Waals surface area contributed by atoms with Gasteiger partial charge in [-0.15, -0.1) is 10.1 Å². The second-order valence-corrected chi connectivity index (χ2v) is 2.22. The van der Waals surface area contributed by atoms with Crippen LogP contribution in [0.15, 0.2) is 0 Å². The molecule has 0 atom stereocenters. The summed E-state index contributed by atoms with van der Waals surface area (Å²) in [6.45, 7) is 1.58. The van der Waals surface area contributed by atoms with Gasteiger partial charge in [-0.3, -0.25) is 0 Å². The van der Waals surface area contributed by atoms with Crippen LogP contribution in [0.4, 0.5) is 0 Å². The average Bonchev–Trinajstić information content (AvgIpc) is 1.85. The van der Waals surface area contributed by atoms with E-state index in [1.54, 1.807) is 0 Å². The molecule has 0 radical (unpaired) electrons. The molecule has 0 saturated heterocycles. The zero-order valence-corrected chi connectivity index (χ0v) is 6.41. The number of carbonyl (C=O) groups excluding carboxylic acids is 1. The number of rotatable bonds is 6. The van der Waals surface area contributed by atoms with E-state index in [9.17, 15) is 14.9 Å². The molecule has 0 saturated carbocycles. The van der Waals surface area contributed by atoms with Gasteiger partial charge in [0.05, 0.1) is 6.61 Å². The fourth-order valence-corrected chi connectivity index (χ4v) is 0.615. The summed E-state index contributed by atoms with van der Waals surface area (Å²) < 4.78 is 0. The first-order valence-electron chi connectivity index (χ1n) is 3.39. The number of nitrogens with zero attached hydrogens (tertiary/aromatic N) is 1. The van der Waals surface area contributed by atoms with Gasteiger partial charge in [-0.1, -0.05) is 0 Å². The highest BCUT2D eigenvalue weighted by molar-refractivity contribution is 5.75. The molecule has 0 aromatic rings. The minimum atomic E-state index is -0.826. The summed E-state index contributed by atoms with van der Waals surface area (Å²) in [6.07, 6.45) is 1.69. The van der Waals surface area contributed by atoms with Gasteiger partial charge in [0.25, 0.3) is 5.09 Å². The Bertz CT molecular complexity index is 130. The van der Waals surface area contributed by atoms with Crippen molar-refractivity contribution in [1.82, 2.24) is 0 Å². The van der Waals surface area contributed by atoms with E-state index in [-0.39, 0.29) is 12.4 Å². The first kappa shape index (κ1) is 9.87. The van der Waals surface area contributed by atoms with E-state index in [1.165, 1.54) is 6.92 Å². The Hall–Kier alpha value is -1.13. The molecule has 0 aromatic carbocycles. The Morgan fingerprint density at radius 2 is 2.18 bits per heavy atom. The molecule has 0 bridgehead atoms. The standard InChI is InChI=1S/C6H11NO4/c1-6(8)4-2-3-5-11-7(9)10/h2-5H2,1H3. The summed E-state index contributed by atoms with van der Waals surface area (Å²) in [5, 5.41) is 8.79. The van der Waals surface area contributed by atoms with Crippen LogP contribution in [0, 0.1) is 10.1 Å². The van der Waals surface area contributed by atoms with Gasteiger partial charge in [0.1, 0.15) is 5.78 Å². The van der Waals surface area contributed by atoms with Crippen molar-refractivity contribution in [3.8, 4) is 0 Å². The Labute approximate surface area is 64.4 Å². The summed E-state index contributed by atoms with van der Waals surface area (Å²) in [5.74, 6) is 0.103. The van der Waals surface area contributed by atoms with Crippen molar-refractivity contribution >= 4 is 5.78 Å². The summed E-state index contributed by atoms with van der Waals surface area (Å²) in [4.78, 5) is 24.0. The fraction of sp³-hybridized carbons (Fsp3) is 0.833. The zero-order valence-electron chi connectivity index (χ0n) is 6.41. The van der Waals surface area contributed by atoms with E-state index in [0.29, 0.717) is 19.3 Å². The van der Waals surface area contributed by atoms with Crippen molar-refractivity contribution < 1.29 is 14.7 Å². The monoisotopic (exact) mass is 161 g/mol. The molecule has 0 rings (SSSR count). The summed E-state index contributed by atoms with van der Waals surface area (Å²) in [7, 11) is 0. The molecule has 0 amide bonds. The molecule has 64 valence electrons. The molecule has 0 spiro atoms. The predicted octanol–water partition coefficient (Wildman–Crippen LogP) is 0.954. The van der Waals surface area contributed by atoms with Crippen LogP contribution in [0.2, 0.25) is 0 Å². The van der Waals surface area contributed by atoms with Crippen LogP contribution < -0.4 is 0 Å². The smallest absolute Gasteiger partial charge is 0.294 e. The highest BCUT2D eigenvalue weighted by Crippen LogP contribution is 1.96. The van der Waals surface area contributed by atoms with E-state index in [2.05, 4.69) is 4.84 Å². The van der Waals surface area contributed by atoms with Crippen LogP contribution >= 0.6 is 0 Å². The Kier molecular flexibility index (Phi) is 5.06. The van der Waals surface area contributed by atoms with Gasteiger partial charge < -0.3 is 9.63 Å². The molecule has 0 aromatic heterocycles. The maximum Gasteiger partial charge on any atom is 0.294 e. The number of Topliss-reactive ketones (excluding diaryl/α,β-unsaturated/α-hetero) is 1. The topological polar surface area (TPSA) is 69.4 Å². The van der Waals surface area contributed by atoms with E-state index in [1.807, 2.05) is 0 Å². The van der Waals surface area contributed by atoms with Crippen molar-refractivity contribution in [2.24, 2.45) is 0 Å². The van der Waals surface area contributed by atoms with Crippen molar-refractivity contribution in [2.45, 2.75) is 26.2 Å². The quantitative estimate of drug-likeness (QED) is 0.330. The van der Waals surface area contributed by atoms with Crippen molar-refractivity contribution in [1.29, 1.82) is 0 Å². The largest absolute Gasteiger partial charge is 0.314 e. The van der Waals surface area contributed by atoms with E-state index in [0.717, 1.165) is 0 Å². The highest BCUT2D eigenvalue weighted by atomic mass is 16.9. The molecule has 0 aliphatic rings. The van der Waals surface area contributed by atoms with Crippen LogP contribution in [0.3, 0.4) is 0 Å². The number of carbonyl (C=O) groups is 1. The summed E-state index contributed by atoms with van der Waals surface area (Å²) >= 11 is 0. The van der Waals surface area contributed by atoms with E-state index in [4.69, 9.17) is 0 Å². The average molecular weight is 161 g/mol. The maximum atomic E-state index is 10.4. The molecule has 0 aliphatic carbocycles. The highest BCUT2D eigenvalue weighted by Gasteiger charge is 1.96. The molecule has 0 fully saturated rings. The fourth-order valence-electron chi connectivity index (χ4n) is 0.615. The lowest BCUT2D eigenvalue weighted by atomic mass is 10.2. The van der Waals surface area contributed by atoms with Crippen molar-refractivity contribution in [3.63, 3.8) is 0 Å². The lowest BCUT2D eigenvalue weighted by Crippen LogP contribution is -2.02. The van der Waals surface area contributed by atoms with E-state index < -0.39 is 5.09 Å². The normalized spacial score (nSPS) is 9.18. The second-order valence-electron chi connectivity index (χ2n) is 2.22. The Morgan fingerprint density at radius 3 is 2.64 bits per heavy atom. The van der Waals surface area contributed by atoms with Gasteiger partial charge in [0.2, 0.25) is 0 Å². The van der Waals surface area contributed by atoms with Crippen molar-refractivity contribution in [3.05, 3.63) is 10.1 Å². The van der Waals surface area contributed by atoms with Gasteiger partial charge in [0, 0.05) is 6.42 Å². The minimum Gasteiger partial charge on any atom is -0.314 e. The number of unbranched alkanes of at least 4 members (excludes halogenated alkanes) is 1. The number of hydrogen-bond donors (Lipinski definition) is 0. The molecule has 0 aliphatic heterocycles. The Morgan fingerprint density at radius 1 is 1.55 bits per heavy atom. The third-order valence-corrected chi connectivity index (χ3v) is 1.12. The molecular weight excluding hydrogens is 150 g/mol. The summed E-state index contributed by atoms with van der Waals surface area (Å²) in [6, 6.07) is 0. The molecule has 0 heterocycles. The lowest BCUT2D eigenvalue weighted by molar-refractivity contribution is -0.757. The number of hydrogen-bond acceptors (Lipinski definition) is 4. The zero-order chi connectivity index (χ0) is 8.69. The first-order chi connectivity index (χ1) is 5.13. The Balaban J connectivity index is 3.03. The molecule has 5 nitrogen and oxygen atoms in total. The second kappa shape index (κ2) is 5.64. The molecule has 0 N–H and O–H groups in total. The van der Waals surface area contributed by atoms with E-state index >= 15 is 0 Å². The van der Waals surface area contributed by atoms with Gasteiger partial charge in [0.15, 0.2) is 0 Å². The van der Waals surface area contributed by atoms with Crippen LogP contribution in [0.1, 0.15) is 26.2 Å². The van der Waals surface area contributed by atoms with Crippen molar-refractivity contribution in [2.75, 3.05) is 6.61 Å². The molecule has 0 unspecified atom stereocenters. The third-order valence-electron chi connectivity index (χ3n) is 1.12.